The van der Waals surface area contributed by atoms with Gasteiger partial charge in [-0.15, -0.1) is 0 Å². The van der Waals surface area contributed by atoms with E-state index in [-0.39, 0.29) is 17.0 Å². The zero-order chi connectivity index (χ0) is 24.4. The van der Waals surface area contributed by atoms with Gasteiger partial charge in [0.05, 0.1) is 25.7 Å². The van der Waals surface area contributed by atoms with Crippen LogP contribution < -0.4 is 25.5 Å². The molecule has 1 aromatic heterocycles. The number of halogens is 1. The molecular formula is C26H24BrN3O4. The lowest BCUT2D eigenvalue weighted by Gasteiger charge is -2.27. The third-order valence-electron chi connectivity index (χ3n) is 5.97. The van der Waals surface area contributed by atoms with Gasteiger partial charge in [-0.3, -0.25) is 4.79 Å². The molecular weight excluding hydrogens is 498 g/mol. The van der Waals surface area contributed by atoms with Crippen molar-refractivity contribution in [2.75, 3.05) is 14.2 Å². The molecule has 0 saturated carbocycles. The van der Waals surface area contributed by atoms with Gasteiger partial charge in [-0.05, 0) is 48.7 Å². The third-order valence-corrected chi connectivity index (χ3v) is 6.49. The Morgan fingerprint density at radius 1 is 1.12 bits per heavy atom. The minimum atomic E-state index is -0.609. The highest BCUT2D eigenvalue weighted by atomic mass is 79.9. The van der Waals surface area contributed by atoms with Crippen LogP contribution in [-0.2, 0) is 13.0 Å². The smallest absolute Gasteiger partial charge is 0.258 e. The molecule has 1 atom stereocenters. The van der Waals surface area contributed by atoms with Gasteiger partial charge in [0.1, 0.15) is 17.4 Å². The van der Waals surface area contributed by atoms with E-state index in [1.165, 1.54) is 0 Å². The molecule has 174 valence electrons. The average Bonchev–Trinajstić information content (AvgIpc) is 2.83. The number of ether oxygens (including phenoxy) is 3. The summed E-state index contributed by atoms with van der Waals surface area (Å²) in [6, 6.07) is 17.2. The first kappa shape index (κ1) is 23.5. The summed E-state index contributed by atoms with van der Waals surface area (Å²) in [4.78, 5) is 13.8. The monoisotopic (exact) mass is 521 g/mol. The average molecular weight is 522 g/mol. The topological polar surface area (TPSA) is 99.5 Å². The number of nitriles is 1. The van der Waals surface area contributed by atoms with Crippen LogP contribution in [0.1, 0.15) is 28.3 Å². The fourth-order valence-electron chi connectivity index (χ4n) is 4.23. The van der Waals surface area contributed by atoms with Gasteiger partial charge in [0, 0.05) is 22.8 Å². The SMILES string of the molecule is COc1ccc(CCn2c(C)cc3c(c2=O)C(c2ccc(Br)cc2)C(C#N)=C(N)O3)cc1OC. The number of hydrogen-bond acceptors (Lipinski definition) is 6. The number of nitrogens with two attached hydrogens (primary N) is 1. The number of allylic oxidation sites excluding steroid dienone is 1. The van der Waals surface area contributed by atoms with Crippen LogP contribution in [0.15, 0.2) is 69.3 Å². The van der Waals surface area contributed by atoms with Crippen molar-refractivity contribution >= 4 is 15.9 Å². The maximum absolute atomic E-state index is 13.8. The zero-order valence-corrected chi connectivity index (χ0v) is 20.7. The highest BCUT2D eigenvalue weighted by Gasteiger charge is 2.34. The van der Waals surface area contributed by atoms with Crippen LogP contribution >= 0.6 is 15.9 Å². The molecule has 2 heterocycles. The van der Waals surface area contributed by atoms with Crippen LogP contribution in [0, 0.1) is 18.3 Å². The lowest BCUT2D eigenvalue weighted by atomic mass is 9.84. The van der Waals surface area contributed by atoms with Crippen molar-refractivity contribution in [1.82, 2.24) is 4.57 Å². The molecule has 0 fully saturated rings. The fraction of sp³-hybridized carbons (Fsp3) is 0.231. The van der Waals surface area contributed by atoms with Crippen LogP contribution in [0.3, 0.4) is 0 Å². The van der Waals surface area contributed by atoms with Crippen molar-refractivity contribution < 1.29 is 14.2 Å². The van der Waals surface area contributed by atoms with E-state index in [0.717, 1.165) is 21.3 Å². The summed E-state index contributed by atoms with van der Waals surface area (Å²) in [5.74, 6) is 1.08. The van der Waals surface area contributed by atoms with Gasteiger partial charge in [-0.1, -0.05) is 34.1 Å². The lowest BCUT2D eigenvalue weighted by Crippen LogP contribution is -2.33. The van der Waals surface area contributed by atoms with Crippen molar-refractivity contribution in [2.45, 2.75) is 25.8 Å². The molecule has 8 heteroatoms. The first-order valence-electron chi connectivity index (χ1n) is 10.7. The minimum absolute atomic E-state index is 0.0183. The van der Waals surface area contributed by atoms with Gasteiger partial charge >= 0.3 is 0 Å². The highest BCUT2D eigenvalue weighted by Crippen LogP contribution is 2.40. The second-order valence-electron chi connectivity index (χ2n) is 7.94. The molecule has 0 aliphatic carbocycles. The van der Waals surface area contributed by atoms with E-state index < -0.39 is 5.92 Å². The van der Waals surface area contributed by atoms with Gasteiger partial charge in [0.25, 0.3) is 5.56 Å². The Morgan fingerprint density at radius 2 is 1.82 bits per heavy atom. The second kappa shape index (κ2) is 9.65. The number of nitrogens with zero attached hydrogens (tertiary/aromatic N) is 2. The summed E-state index contributed by atoms with van der Waals surface area (Å²) >= 11 is 3.43. The van der Waals surface area contributed by atoms with Crippen molar-refractivity contribution in [3.05, 3.63) is 97.2 Å². The zero-order valence-electron chi connectivity index (χ0n) is 19.1. The Bertz CT molecular complexity index is 1370. The summed E-state index contributed by atoms with van der Waals surface area (Å²) in [6.45, 7) is 2.30. The summed E-state index contributed by atoms with van der Waals surface area (Å²) in [7, 11) is 3.18. The molecule has 0 amide bonds. The summed E-state index contributed by atoms with van der Waals surface area (Å²) in [6.07, 6.45) is 0.604. The van der Waals surface area contributed by atoms with Crippen molar-refractivity contribution in [1.29, 1.82) is 5.26 Å². The number of aryl methyl sites for hydroxylation is 2. The molecule has 0 spiro atoms. The molecule has 1 unspecified atom stereocenters. The standard InChI is InChI=1S/C26H24BrN3O4/c1-15-12-22-24(23(19(14-28)25(29)34-22)17-5-7-18(27)8-6-17)26(31)30(15)11-10-16-4-9-20(32-2)21(13-16)33-3/h4-9,12-13,23H,10-11,29H2,1-3H3. The Balaban J connectivity index is 1.76. The number of methoxy groups -OCH3 is 2. The quantitative estimate of drug-likeness (QED) is 0.516. The summed E-state index contributed by atoms with van der Waals surface area (Å²) < 4.78 is 19.0. The van der Waals surface area contributed by atoms with Gasteiger partial charge in [-0.2, -0.15) is 5.26 Å². The molecule has 0 bridgehead atoms. The molecule has 2 N–H and O–H groups in total. The largest absolute Gasteiger partial charge is 0.493 e. The molecule has 2 aromatic carbocycles. The Hall–Kier alpha value is -3.70. The Kier molecular flexibility index (Phi) is 6.66. The predicted molar refractivity (Wildman–Crippen MR) is 132 cm³/mol. The van der Waals surface area contributed by atoms with E-state index in [1.807, 2.05) is 49.4 Å². The van der Waals surface area contributed by atoms with E-state index in [1.54, 1.807) is 24.9 Å². The van der Waals surface area contributed by atoms with E-state index in [4.69, 9.17) is 19.9 Å². The number of fused-ring (bicyclic) bond motifs is 1. The molecule has 0 saturated heterocycles. The van der Waals surface area contributed by atoms with Crippen molar-refractivity contribution in [3.63, 3.8) is 0 Å². The van der Waals surface area contributed by atoms with Crippen LogP contribution in [0.5, 0.6) is 17.2 Å². The molecule has 34 heavy (non-hydrogen) atoms. The predicted octanol–water partition coefficient (Wildman–Crippen LogP) is 4.40. The van der Waals surface area contributed by atoms with Crippen molar-refractivity contribution in [3.8, 4) is 23.3 Å². The molecule has 1 aliphatic rings. The van der Waals surface area contributed by atoms with Crippen LogP contribution in [0.2, 0.25) is 0 Å². The highest BCUT2D eigenvalue weighted by molar-refractivity contribution is 9.10. The maximum atomic E-state index is 13.8. The van der Waals surface area contributed by atoms with Gasteiger partial charge in [0.15, 0.2) is 11.5 Å². The maximum Gasteiger partial charge on any atom is 0.258 e. The normalized spacial score (nSPS) is 14.7. The number of benzene rings is 2. The molecule has 1 aliphatic heterocycles. The van der Waals surface area contributed by atoms with E-state index in [2.05, 4.69) is 22.0 Å². The summed E-state index contributed by atoms with van der Waals surface area (Å²) in [5.41, 5.74) is 9.05. The number of pyridine rings is 1. The molecule has 0 radical (unpaired) electrons. The van der Waals surface area contributed by atoms with Gasteiger partial charge in [0.2, 0.25) is 5.88 Å². The number of rotatable bonds is 6. The van der Waals surface area contributed by atoms with Crippen LogP contribution in [0.4, 0.5) is 0 Å². The van der Waals surface area contributed by atoms with E-state index in [0.29, 0.717) is 35.8 Å². The molecule has 4 rings (SSSR count). The number of aromatic nitrogens is 1. The fourth-order valence-corrected chi connectivity index (χ4v) is 4.49. The Labute approximate surface area is 206 Å². The van der Waals surface area contributed by atoms with E-state index >= 15 is 0 Å². The molecule has 3 aromatic rings. The van der Waals surface area contributed by atoms with Crippen LogP contribution in [0.25, 0.3) is 0 Å². The third kappa shape index (κ3) is 4.27. The van der Waals surface area contributed by atoms with Gasteiger partial charge < -0.3 is 24.5 Å². The second-order valence-corrected chi connectivity index (χ2v) is 8.85. The first-order chi connectivity index (χ1) is 16.4. The first-order valence-corrected chi connectivity index (χ1v) is 11.5. The lowest BCUT2D eigenvalue weighted by molar-refractivity contribution is 0.354. The van der Waals surface area contributed by atoms with Crippen molar-refractivity contribution in [2.24, 2.45) is 5.73 Å². The van der Waals surface area contributed by atoms with Crippen LogP contribution in [-0.4, -0.2) is 18.8 Å². The summed E-state index contributed by atoms with van der Waals surface area (Å²) in [5, 5.41) is 9.82. The Morgan fingerprint density at radius 3 is 2.47 bits per heavy atom. The number of hydrogen-bond donors (Lipinski definition) is 1. The van der Waals surface area contributed by atoms with E-state index in [9.17, 15) is 10.1 Å². The van der Waals surface area contributed by atoms with Gasteiger partial charge in [-0.25, -0.2) is 0 Å². The minimum Gasteiger partial charge on any atom is -0.493 e. The molecule has 7 nitrogen and oxygen atoms in total.